The Hall–Kier alpha value is -2.02. The molecule has 6 nitrogen and oxygen atoms in total. The van der Waals surface area contributed by atoms with E-state index in [4.69, 9.17) is 4.42 Å². The normalized spacial score (nSPS) is 13.2. The van der Waals surface area contributed by atoms with Crippen LogP contribution in [0.2, 0.25) is 0 Å². The summed E-state index contributed by atoms with van der Waals surface area (Å²) in [7, 11) is 0.408. The van der Waals surface area contributed by atoms with Crippen molar-refractivity contribution < 1.29 is 12.8 Å². The zero-order valence-electron chi connectivity index (χ0n) is 15.5. The summed E-state index contributed by atoms with van der Waals surface area (Å²) in [6.45, 7) is 6.00. The van der Waals surface area contributed by atoms with Crippen molar-refractivity contribution in [3.63, 3.8) is 0 Å². The fourth-order valence-electron chi connectivity index (χ4n) is 2.41. The first kappa shape index (κ1) is 19.3. The maximum Gasteiger partial charge on any atom is 0.193 e. The average molecular weight is 365 g/mol. The molecule has 0 amide bonds. The minimum Gasteiger partial charge on any atom is -0.459 e. The lowest BCUT2D eigenvalue weighted by molar-refractivity contribution is 0.413. The molecular formula is C18H27N3O3S. The highest BCUT2D eigenvalue weighted by Crippen LogP contribution is 2.19. The van der Waals surface area contributed by atoms with E-state index in [-0.39, 0.29) is 5.75 Å². The van der Waals surface area contributed by atoms with Gasteiger partial charge in [0.25, 0.3) is 0 Å². The van der Waals surface area contributed by atoms with E-state index in [1.165, 1.54) is 0 Å². The molecule has 0 atom stereocenters. The van der Waals surface area contributed by atoms with Gasteiger partial charge in [0.2, 0.25) is 0 Å². The van der Waals surface area contributed by atoms with Crippen molar-refractivity contribution in [3.8, 4) is 0 Å². The number of aliphatic imine (C=N–C) groups is 1. The highest BCUT2D eigenvalue weighted by atomic mass is 32.2. The molecular weight excluding hydrogens is 338 g/mol. The van der Waals surface area contributed by atoms with Crippen LogP contribution in [0, 0.1) is 0 Å². The molecule has 0 bridgehead atoms. The smallest absolute Gasteiger partial charge is 0.193 e. The first-order valence-corrected chi connectivity index (χ1v) is 9.91. The quantitative estimate of drug-likeness (QED) is 0.651. The van der Waals surface area contributed by atoms with Crippen molar-refractivity contribution in [1.82, 2.24) is 10.2 Å². The van der Waals surface area contributed by atoms with E-state index in [2.05, 4.69) is 10.3 Å². The number of guanidine groups is 1. The molecule has 0 aliphatic rings. The van der Waals surface area contributed by atoms with E-state index in [1.807, 2.05) is 42.3 Å². The van der Waals surface area contributed by atoms with Crippen LogP contribution in [-0.2, 0) is 16.4 Å². The second-order valence-electron chi connectivity index (χ2n) is 7.01. The largest absolute Gasteiger partial charge is 0.459 e. The summed E-state index contributed by atoms with van der Waals surface area (Å²) >= 11 is 0. The number of rotatable bonds is 5. The van der Waals surface area contributed by atoms with E-state index < -0.39 is 14.6 Å². The fraction of sp³-hybridized carbons (Fsp3) is 0.500. The number of sulfone groups is 1. The van der Waals surface area contributed by atoms with Crippen LogP contribution in [0.5, 0.6) is 0 Å². The predicted octanol–water partition coefficient (Wildman–Crippen LogP) is 2.65. The minimum atomic E-state index is -3.16. The highest BCUT2D eigenvalue weighted by molar-refractivity contribution is 7.92. The van der Waals surface area contributed by atoms with E-state index in [0.717, 1.165) is 16.7 Å². The van der Waals surface area contributed by atoms with Crippen molar-refractivity contribution in [2.24, 2.45) is 4.99 Å². The first-order chi connectivity index (χ1) is 11.6. The van der Waals surface area contributed by atoms with Gasteiger partial charge in [0.05, 0.1) is 17.0 Å². The molecule has 2 rings (SSSR count). The Balaban J connectivity index is 1.96. The molecule has 0 radical (unpaired) electrons. The number of hydrogen-bond acceptors (Lipinski definition) is 4. The molecule has 138 valence electrons. The lowest BCUT2D eigenvalue weighted by Gasteiger charge is -2.23. The Morgan fingerprint density at radius 2 is 1.96 bits per heavy atom. The van der Waals surface area contributed by atoms with Crippen molar-refractivity contribution in [2.75, 3.05) is 26.4 Å². The first-order valence-electron chi connectivity index (χ1n) is 8.25. The van der Waals surface area contributed by atoms with Crippen molar-refractivity contribution in [1.29, 1.82) is 0 Å². The standard InChI is InChI=1S/C18H27N3O3S/c1-18(2,3)25(22,23)11-10-20-17(19-4)21(5)13-15-12-14-8-6-7-9-16(14)24-15/h6-9,12H,10-11,13H2,1-5H3,(H,19,20). The lowest BCUT2D eigenvalue weighted by atomic mass is 10.2. The SMILES string of the molecule is CN=C(NCCS(=O)(=O)C(C)(C)C)N(C)Cc1cc2ccccc2o1. The zero-order valence-corrected chi connectivity index (χ0v) is 16.4. The van der Waals surface area contributed by atoms with Gasteiger partial charge < -0.3 is 14.6 Å². The van der Waals surface area contributed by atoms with Gasteiger partial charge in [-0.3, -0.25) is 4.99 Å². The molecule has 0 spiro atoms. The van der Waals surface area contributed by atoms with Gasteiger partial charge in [-0.1, -0.05) is 18.2 Å². The van der Waals surface area contributed by atoms with Crippen LogP contribution in [0.3, 0.4) is 0 Å². The third kappa shape index (κ3) is 4.75. The molecule has 0 aliphatic carbocycles. The summed E-state index contributed by atoms with van der Waals surface area (Å²) in [6, 6.07) is 9.86. The third-order valence-corrected chi connectivity index (χ3v) is 6.64. The summed E-state index contributed by atoms with van der Waals surface area (Å²) in [6.07, 6.45) is 0. The number of hydrogen-bond donors (Lipinski definition) is 1. The summed E-state index contributed by atoms with van der Waals surface area (Å²) in [5.41, 5.74) is 0.852. The van der Waals surface area contributed by atoms with Crippen molar-refractivity contribution in [2.45, 2.75) is 32.1 Å². The second kappa shape index (κ2) is 7.47. The third-order valence-electron chi connectivity index (χ3n) is 4.03. The van der Waals surface area contributed by atoms with Gasteiger partial charge in [-0.2, -0.15) is 0 Å². The van der Waals surface area contributed by atoms with Crippen LogP contribution >= 0.6 is 0 Å². The molecule has 2 aromatic rings. The molecule has 0 aliphatic heterocycles. The Bertz CT molecular complexity index is 815. The Labute approximate surface area is 149 Å². The van der Waals surface area contributed by atoms with Gasteiger partial charge >= 0.3 is 0 Å². The molecule has 0 saturated carbocycles. The maximum absolute atomic E-state index is 12.2. The van der Waals surface area contributed by atoms with E-state index in [0.29, 0.717) is 19.0 Å². The summed E-state index contributed by atoms with van der Waals surface area (Å²) < 4.78 is 29.4. The summed E-state index contributed by atoms with van der Waals surface area (Å²) in [4.78, 5) is 6.12. The van der Waals surface area contributed by atoms with E-state index >= 15 is 0 Å². The zero-order chi connectivity index (χ0) is 18.7. The minimum absolute atomic E-state index is 0.0635. The molecule has 0 fully saturated rings. The van der Waals surface area contributed by atoms with Gasteiger partial charge in [0, 0.05) is 26.0 Å². The Kier molecular flexibility index (Phi) is 5.77. The fourth-order valence-corrected chi connectivity index (χ4v) is 3.39. The highest BCUT2D eigenvalue weighted by Gasteiger charge is 2.28. The maximum atomic E-state index is 12.2. The monoisotopic (exact) mass is 365 g/mol. The van der Waals surface area contributed by atoms with Crippen LogP contribution in [-0.4, -0.2) is 50.4 Å². The molecule has 1 aromatic heterocycles. The van der Waals surface area contributed by atoms with Gasteiger partial charge in [-0.05, 0) is 32.9 Å². The molecule has 0 saturated heterocycles. The van der Waals surface area contributed by atoms with Crippen molar-refractivity contribution >= 4 is 26.8 Å². The van der Waals surface area contributed by atoms with Gasteiger partial charge in [0.1, 0.15) is 11.3 Å². The molecule has 7 heteroatoms. The number of para-hydroxylation sites is 1. The summed E-state index contributed by atoms with van der Waals surface area (Å²) in [5, 5.41) is 4.17. The van der Waals surface area contributed by atoms with Crippen LogP contribution in [0.1, 0.15) is 26.5 Å². The molecule has 25 heavy (non-hydrogen) atoms. The predicted molar refractivity (Wildman–Crippen MR) is 103 cm³/mol. The number of nitrogens with zero attached hydrogens (tertiary/aromatic N) is 2. The van der Waals surface area contributed by atoms with Crippen LogP contribution < -0.4 is 5.32 Å². The van der Waals surface area contributed by atoms with Gasteiger partial charge in [-0.25, -0.2) is 8.42 Å². The molecule has 0 unspecified atom stereocenters. The van der Waals surface area contributed by atoms with Crippen LogP contribution in [0.15, 0.2) is 39.7 Å². The number of benzene rings is 1. The summed E-state index contributed by atoms with van der Waals surface area (Å²) in [5.74, 6) is 1.52. The Morgan fingerprint density at radius 1 is 1.28 bits per heavy atom. The van der Waals surface area contributed by atoms with Gasteiger partial charge in [-0.15, -0.1) is 0 Å². The number of fused-ring (bicyclic) bond motifs is 1. The topological polar surface area (TPSA) is 74.9 Å². The van der Waals surface area contributed by atoms with E-state index in [1.54, 1.807) is 27.8 Å². The number of nitrogens with one attached hydrogen (secondary N) is 1. The van der Waals surface area contributed by atoms with Crippen molar-refractivity contribution in [3.05, 3.63) is 36.1 Å². The Morgan fingerprint density at radius 3 is 2.56 bits per heavy atom. The molecule has 1 heterocycles. The second-order valence-corrected chi connectivity index (χ2v) is 9.87. The average Bonchev–Trinajstić information content (AvgIpc) is 2.92. The molecule has 1 N–H and O–H groups in total. The van der Waals surface area contributed by atoms with Crippen LogP contribution in [0.25, 0.3) is 11.0 Å². The van der Waals surface area contributed by atoms with Gasteiger partial charge in [0.15, 0.2) is 15.8 Å². The van der Waals surface area contributed by atoms with Crippen LogP contribution in [0.4, 0.5) is 0 Å². The van der Waals surface area contributed by atoms with E-state index in [9.17, 15) is 8.42 Å². The lowest BCUT2D eigenvalue weighted by Crippen LogP contribution is -2.42. The molecule has 1 aromatic carbocycles. The number of furan rings is 1.